The molecule has 1 aromatic heterocycles. The third-order valence-corrected chi connectivity index (χ3v) is 3.95. The third-order valence-electron chi connectivity index (χ3n) is 3.52. The lowest BCUT2D eigenvalue weighted by molar-refractivity contribution is -0.149. The molecule has 0 fully saturated rings. The van der Waals surface area contributed by atoms with Crippen molar-refractivity contribution in [3.8, 4) is 0 Å². The molecule has 0 bridgehead atoms. The molecule has 0 saturated carbocycles. The molecule has 1 aromatic carbocycles. The maximum atomic E-state index is 12.1. The van der Waals surface area contributed by atoms with Gasteiger partial charge in [-0.3, -0.25) is 9.59 Å². The van der Waals surface area contributed by atoms with E-state index in [-0.39, 0.29) is 24.0 Å². The molecule has 2 aromatic rings. The van der Waals surface area contributed by atoms with E-state index in [2.05, 4.69) is 31.3 Å². The Kier molecular flexibility index (Phi) is 6.20. The fraction of sp³-hybridized carbons (Fsp3) is 0.278. The van der Waals surface area contributed by atoms with Gasteiger partial charge in [0.15, 0.2) is 10.4 Å². The minimum atomic E-state index is -1.10. The lowest BCUT2D eigenvalue weighted by Crippen LogP contribution is -2.50. The summed E-state index contributed by atoms with van der Waals surface area (Å²) < 4.78 is 10.3. The van der Waals surface area contributed by atoms with E-state index >= 15 is 0 Å². The number of furan rings is 1. The van der Waals surface area contributed by atoms with Crippen LogP contribution in [0.2, 0.25) is 0 Å². The average Bonchev–Trinajstić information content (AvgIpc) is 3.02. The van der Waals surface area contributed by atoms with Gasteiger partial charge in [-0.15, -0.1) is 0 Å². The molecular weight excluding hydrogens is 404 g/mol. The van der Waals surface area contributed by atoms with Crippen molar-refractivity contribution in [1.82, 2.24) is 5.32 Å². The number of carbonyl (C=O) groups is 3. The van der Waals surface area contributed by atoms with E-state index in [9.17, 15) is 14.4 Å². The molecule has 0 radical (unpaired) electrons. The third kappa shape index (κ3) is 5.19. The van der Waals surface area contributed by atoms with Crippen molar-refractivity contribution in [2.45, 2.75) is 25.8 Å². The fourth-order valence-corrected chi connectivity index (χ4v) is 2.53. The zero-order chi connectivity index (χ0) is 19.3. The number of benzene rings is 1. The molecule has 138 valence electrons. The molecule has 0 spiro atoms. The van der Waals surface area contributed by atoms with Crippen LogP contribution in [0.4, 0.5) is 5.69 Å². The van der Waals surface area contributed by atoms with Gasteiger partial charge in [-0.25, -0.2) is 4.79 Å². The van der Waals surface area contributed by atoms with Crippen LogP contribution < -0.4 is 10.6 Å². The highest BCUT2D eigenvalue weighted by Gasteiger charge is 2.30. The first-order valence-corrected chi connectivity index (χ1v) is 8.55. The second-order valence-corrected chi connectivity index (χ2v) is 6.88. The van der Waals surface area contributed by atoms with E-state index < -0.39 is 11.5 Å². The highest BCUT2D eigenvalue weighted by atomic mass is 79.9. The van der Waals surface area contributed by atoms with Crippen LogP contribution in [-0.2, 0) is 20.7 Å². The summed E-state index contributed by atoms with van der Waals surface area (Å²) in [5, 5.41) is 5.32. The maximum absolute atomic E-state index is 12.1. The zero-order valence-corrected chi connectivity index (χ0v) is 16.2. The summed E-state index contributed by atoms with van der Waals surface area (Å²) in [6.07, 6.45) is 0.0970. The number of methoxy groups -OCH3 is 1. The number of halogens is 1. The van der Waals surface area contributed by atoms with Crippen molar-refractivity contribution >= 4 is 39.4 Å². The molecule has 0 unspecified atom stereocenters. The topological polar surface area (TPSA) is 97.6 Å². The number of rotatable bonds is 6. The summed E-state index contributed by atoms with van der Waals surface area (Å²) >= 11 is 3.14. The van der Waals surface area contributed by atoms with Crippen LogP contribution in [0.3, 0.4) is 0 Å². The Labute approximate surface area is 159 Å². The van der Waals surface area contributed by atoms with Gasteiger partial charge in [0.05, 0.1) is 13.5 Å². The highest BCUT2D eigenvalue weighted by Crippen LogP contribution is 2.17. The monoisotopic (exact) mass is 422 g/mol. The highest BCUT2D eigenvalue weighted by molar-refractivity contribution is 9.10. The molecule has 0 saturated heterocycles. The fourth-order valence-electron chi connectivity index (χ4n) is 2.22. The number of hydrogen-bond acceptors (Lipinski definition) is 5. The number of nitrogens with one attached hydrogen (secondary N) is 2. The van der Waals surface area contributed by atoms with Crippen LogP contribution in [0.1, 0.15) is 30.0 Å². The van der Waals surface area contributed by atoms with Crippen LogP contribution in [0.5, 0.6) is 0 Å². The molecule has 1 heterocycles. The van der Waals surface area contributed by atoms with E-state index in [1.807, 2.05) is 0 Å². The van der Waals surface area contributed by atoms with Gasteiger partial charge in [0.25, 0.3) is 5.91 Å². The minimum Gasteiger partial charge on any atom is -0.467 e. The molecule has 26 heavy (non-hydrogen) atoms. The second kappa shape index (κ2) is 8.18. The molecule has 2 amide bonds. The first-order valence-electron chi connectivity index (χ1n) is 7.76. The van der Waals surface area contributed by atoms with Crippen molar-refractivity contribution in [3.05, 3.63) is 52.4 Å². The molecule has 7 nitrogen and oxygen atoms in total. The molecular formula is C18H19BrN2O5. The van der Waals surface area contributed by atoms with Gasteiger partial charge in [0, 0.05) is 5.69 Å². The van der Waals surface area contributed by atoms with E-state index in [1.165, 1.54) is 7.11 Å². The van der Waals surface area contributed by atoms with Crippen molar-refractivity contribution in [3.63, 3.8) is 0 Å². The minimum absolute atomic E-state index is 0.0970. The van der Waals surface area contributed by atoms with E-state index in [0.29, 0.717) is 10.4 Å². The van der Waals surface area contributed by atoms with Gasteiger partial charge in [-0.1, -0.05) is 12.1 Å². The first kappa shape index (κ1) is 19.7. The van der Waals surface area contributed by atoms with E-state index in [1.54, 1.807) is 50.2 Å². The maximum Gasteiger partial charge on any atom is 0.330 e. The SMILES string of the molecule is COC(=O)C(C)(C)NC(=O)Cc1ccc(NC(=O)c2ccc(Br)o2)cc1. The summed E-state index contributed by atoms with van der Waals surface area (Å²) in [7, 11) is 1.27. The Balaban J connectivity index is 1.94. The average molecular weight is 423 g/mol. The summed E-state index contributed by atoms with van der Waals surface area (Å²) in [5.74, 6) is -1.02. The number of amides is 2. The van der Waals surface area contributed by atoms with Gasteiger partial charge in [-0.05, 0) is 59.6 Å². The number of anilines is 1. The predicted molar refractivity (Wildman–Crippen MR) is 98.7 cm³/mol. The van der Waals surface area contributed by atoms with Crippen LogP contribution in [0, 0.1) is 0 Å². The summed E-state index contributed by atoms with van der Waals surface area (Å²) in [4.78, 5) is 35.7. The first-order chi connectivity index (χ1) is 12.2. The van der Waals surface area contributed by atoms with Gasteiger partial charge in [0.1, 0.15) is 5.54 Å². The number of hydrogen-bond donors (Lipinski definition) is 2. The molecule has 0 aliphatic rings. The summed E-state index contributed by atoms with van der Waals surface area (Å²) in [6.45, 7) is 3.14. The van der Waals surface area contributed by atoms with Crippen LogP contribution in [0.15, 0.2) is 45.5 Å². The lowest BCUT2D eigenvalue weighted by atomic mass is 10.0. The Bertz CT molecular complexity index is 811. The number of carbonyl (C=O) groups excluding carboxylic acids is 3. The molecule has 0 aliphatic carbocycles. The molecule has 8 heteroatoms. The Morgan fingerprint density at radius 3 is 2.31 bits per heavy atom. The van der Waals surface area contributed by atoms with Crippen LogP contribution in [-0.4, -0.2) is 30.4 Å². The smallest absolute Gasteiger partial charge is 0.330 e. The Morgan fingerprint density at radius 1 is 1.12 bits per heavy atom. The van der Waals surface area contributed by atoms with Crippen LogP contribution in [0.25, 0.3) is 0 Å². The van der Waals surface area contributed by atoms with Crippen molar-refractivity contribution in [1.29, 1.82) is 0 Å². The zero-order valence-electron chi connectivity index (χ0n) is 14.6. The van der Waals surface area contributed by atoms with Crippen molar-refractivity contribution in [2.24, 2.45) is 0 Å². The standard InChI is InChI=1S/C18H19BrN2O5/c1-18(2,17(24)25-3)21-15(22)10-11-4-6-12(7-5-11)20-16(23)13-8-9-14(19)26-13/h4-9H,10H2,1-3H3,(H,20,23)(H,21,22). The van der Waals surface area contributed by atoms with Gasteiger partial charge in [-0.2, -0.15) is 0 Å². The number of ether oxygens (including phenoxy) is 1. The Hall–Kier alpha value is -2.61. The van der Waals surface area contributed by atoms with Gasteiger partial charge < -0.3 is 19.8 Å². The molecule has 0 atom stereocenters. The van der Waals surface area contributed by atoms with Crippen LogP contribution >= 0.6 is 15.9 Å². The van der Waals surface area contributed by atoms with Gasteiger partial charge in [0.2, 0.25) is 5.91 Å². The second-order valence-electron chi connectivity index (χ2n) is 6.10. The number of esters is 1. The van der Waals surface area contributed by atoms with Gasteiger partial charge >= 0.3 is 5.97 Å². The molecule has 0 aliphatic heterocycles. The van der Waals surface area contributed by atoms with Crippen molar-refractivity contribution < 1.29 is 23.5 Å². The van der Waals surface area contributed by atoms with E-state index in [0.717, 1.165) is 5.56 Å². The Morgan fingerprint density at radius 2 is 1.77 bits per heavy atom. The molecule has 2 rings (SSSR count). The van der Waals surface area contributed by atoms with Crippen molar-refractivity contribution in [2.75, 3.05) is 12.4 Å². The molecule has 2 N–H and O–H groups in total. The largest absolute Gasteiger partial charge is 0.467 e. The predicted octanol–water partition coefficient (Wildman–Crippen LogP) is 2.90. The summed E-state index contributed by atoms with van der Waals surface area (Å²) in [5.41, 5.74) is 0.209. The lowest BCUT2D eigenvalue weighted by Gasteiger charge is -2.23. The normalized spacial score (nSPS) is 10.9. The summed E-state index contributed by atoms with van der Waals surface area (Å²) in [6, 6.07) is 10.00. The van der Waals surface area contributed by atoms with E-state index in [4.69, 9.17) is 4.42 Å². The quantitative estimate of drug-likeness (QED) is 0.697.